The molecule has 2 rings (SSSR count). The molecule has 2 saturated carbocycles. The Labute approximate surface area is 92.0 Å². The number of hydrogen-bond donors (Lipinski definition) is 2. The number of hydrogen-bond acceptors (Lipinski definition) is 2. The van der Waals surface area contributed by atoms with E-state index >= 15 is 0 Å². The normalized spacial score (nSPS) is 33.3. The maximum absolute atomic E-state index is 11.2. The lowest BCUT2D eigenvalue weighted by atomic mass is 9.95. The van der Waals surface area contributed by atoms with Crippen molar-refractivity contribution in [3.63, 3.8) is 0 Å². The van der Waals surface area contributed by atoms with Gasteiger partial charge in [-0.25, -0.2) is 0 Å². The molecule has 1 amide bonds. The quantitative estimate of drug-likeness (QED) is 0.718. The summed E-state index contributed by atoms with van der Waals surface area (Å²) in [6.45, 7) is 3.55. The summed E-state index contributed by atoms with van der Waals surface area (Å²) in [5, 5.41) is 6.37. The molecule has 0 spiro atoms. The van der Waals surface area contributed by atoms with Crippen molar-refractivity contribution in [2.45, 2.75) is 45.1 Å². The second-order valence-corrected chi connectivity index (χ2v) is 4.94. The molecule has 2 bridgehead atoms. The summed E-state index contributed by atoms with van der Waals surface area (Å²) < 4.78 is 0. The molecule has 0 aliphatic heterocycles. The molecule has 0 saturated heterocycles. The van der Waals surface area contributed by atoms with Gasteiger partial charge in [0.15, 0.2) is 0 Å². The van der Waals surface area contributed by atoms with Crippen LogP contribution in [0.5, 0.6) is 0 Å². The van der Waals surface area contributed by atoms with E-state index in [1.165, 1.54) is 25.7 Å². The Morgan fingerprint density at radius 2 is 2.20 bits per heavy atom. The van der Waals surface area contributed by atoms with Crippen molar-refractivity contribution in [1.82, 2.24) is 10.6 Å². The Bertz CT molecular complexity index is 230. The largest absolute Gasteiger partial charge is 0.356 e. The highest BCUT2D eigenvalue weighted by molar-refractivity contribution is 5.75. The molecule has 15 heavy (non-hydrogen) atoms. The van der Waals surface area contributed by atoms with E-state index in [1.54, 1.807) is 0 Å². The first-order chi connectivity index (χ1) is 7.29. The lowest BCUT2D eigenvalue weighted by molar-refractivity contribution is -0.120. The van der Waals surface area contributed by atoms with Gasteiger partial charge in [0.25, 0.3) is 0 Å². The van der Waals surface area contributed by atoms with Gasteiger partial charge in [0.1, 0.15) is 0 Å². The van der Waals surface area contributed by atoms with Crippen LogP contribution in [0, 0.1) is 11.8 Å². The predicted molar refractivity (Wildman–Crippen MR) is 60.5 cm³/mol. The minimum absolute atomic E-state index is 0.174. The summed E-state index contributed by atoms with van der Waals surface area (Å²) in [6, 6.07) is 0.707. The molecule has 3 unspecified atom stereocenters. The molecule has 2 fully saturated rings. The predicted octanol–water partition coefficient (Wildman–Crippen LogP) is 1.29. The van der Waals surface area contributed by atoms with Crippen LogP contribution in [0.3, 0.4) is 0 Å². The molecule has 86 valence electrons. The van der Waals surface area contributed by atoms with Gasteiger partial charge in [0.2, 0.25) is 5.91 Å². The summed E-state index contributed by atoms with van der Waals surface area (Å²) in [5.41, 5.74) is 0. The Kier molecular flexibility index (Phi) is 3.62. The molecule has 2 N–H and O–H groups in total. The van der Waals surface area contributed by atoms with Gasteiger partial charge in [0, 0.05) is 25.6 Å². The van der Waals surface area contributed by atoms with E-state index in [9.17, 15) is 4.79 Å². The van der Waals surface area contributed by atoms with Crippen LogP contribution < -0.4 is 10.6 Å². The average Bonchev–Trinajstić information content (AvgIpc) is 2.79. The van der Waals surface area contributed by atoms with E-state index in [0.29, 0.717) is 12.5 Å². The van der Waals surface area contributed by atoms with Crippen LogP contribution in [0.2, 0.25) is 0 Å². The fraction of sp³-hybridized carbons (Fsp3) is 0.917. The van der Waals surface area contributed by atoms with Gasteiger partial charge in [-0.3, -0.25) is 4.79 Å². The number of fused-ring (bicyclic) bond motifs is 2. The van der Waals surface area contributed by atoms with Gasteiger partial charge in [-0.15, -0.1) is 0 Å². The Morgan fingerprint density at radius 1 is 1.33 bits per heavy atom. The highest BCUT2D eigenvalue weighted by Gasteiger charge is 2.38. The van der Waals surface area contributed by atoms with E-state index in [1.807, 2.05) is 6.92 Å². The van der Waals surface area contributed by atoms with Gasteiger partial charge in [-0.05, 0) is 38.0 Å². The molecular weight excluding hydrogens is 188 g/mol. The summed E-state index contributed by atoms with van der Waals surface area (Å²) in [6.07, 6.45) is 6.25. The van der Waals surface area contributed by atoms with Crippen molar-refractivity contribution in [3.05, 3.63) is 0 Å². The first kappa shape index (κ1) is 10.9. The second-order valence-electron chi connectivity index (χ2n) is 4.94. The van der Waals surface area contributed by atoms with Crippen LogP contribution >= 0.6 is 0 Å². The van der Waals surface area contributed by atoms with E-state index in [0.717, 1.165) is 24.9 Å². The zero-order valence-electron chi connectivity index (χ0n) is 9.59. The highest BCUT2D eigenvalue weighted by Crippen LogP contribution is 2.44. The Balaban J connectivity index is 1.60. The summed E-state index contributed by atoms with van der Waals surface area (Å²) in [4.78, 5) is 11.2. The van der Waals surface area contributed by atoms with Crippen LogP contribution in [0.15, 0.2) is 0 Å². The summed E-state index contributed by atoms with van der Waals surface area (Å²) >= 11 is 0. The van der Waals surface area contributed by atoms with Crippen LogP contribution in [-0.2, 0) is 4.79 Å². The van der Waals surface area contributed by atoms with Gasteiger partial charge < -0.3 is 10.6 Å². The highest BCUT2D eigenvalue weighted by atomic mass is 16.1. The molecule has 0 aromatic heterocycles. The third kappa shape index (κ3) is 2.71. The fourth-order valence-electron chi connectivity index (χ4n) is 3.15. The lowest BCUT2D eigenvalue weighted by Crippen LogP contribution is -2.36. The molecule has 2 aliphatic rings. The molecule has 3 heteroatoms. The van der Waals surface area contributed by atoms with Crippen molar-refractivity contribution in [1.29, 1.82) is 0 Å². The lowest BCUT2D eigenvalue weighted by Gasteiger charge is -2.22. The average molecular weight is 210 g/mol. The van der Waals surface area contributed by atoms with Gasteiger partial charge in [0.05, 0.1) is 0 Å². The molecule has 3 nitrogen and oxygen atoms in total. The summed E-state index contributed by atoms with van der Waals surface area (Å²) in [7, 11) is 0. The Hall–Kier alpha value is -0.570. The number of amides is 1. The molecule has 2 aliphatic carbocycles. The fourth-order valence-corrected chi connectivity index (χ4v) is 3.15. The monoisotopic (exact) mass is 210 g/mol. The standard InChI is InChI=1S/C12H22N2O/c1-2-13-12(15)5-6-14-11-8-9-3-4-10(11)7-9/h9-11,14H,2-8H2,1H3,(H,13,15). The van der Waals surface area contributed by atoms with Crippen molar-refractivity contribution in [2.24, 2.45) is 11.8 Å². The minimum atomic E-state index is 0.174. The van der Waals surface area contributed by atoms with E-state index in [4.69, 9.17) is 0 Å². The molecule has 0 aromatic carbocycles. The summed E-state index contributed by atoms with van der Waals surface area (Å²) in [5.74, 6) is 2.06. The van der Waals surface area contributed by atoms with Crippen LogP contribution in [-0.4, -0.2) is 25.0 Å². The second kappa shape index (κ2) is 4.97. The van der Waals surface area contributed by atoms with Crippen LogP contribution in [0.25, 0.3) is 0 Å². The first-order valence-electron chi connectivity index (χ1n) is 6.29. The van der Waals surface area contributed by atoms with E-state index in [2.05, 4.69) is 10.6 Å². The van der Waals surface area contributed by atoms with Crippen molar-refractivity contribution in [2.75, 3.05) is 13.1 Å². The molecule has 0 heterocycles. The number of carbonyl (C=O) groups is 1. The Morgan fingerprint density at radius 3 is 2.80 bits per heavy atom. The zero-order valence-corrected chi connectivity index (χ0v) is 9.59. The molecule has 3 atom stereocenters. The molecule has 0 aromatic rings. The third-order valence-electron chi connectivity index (χ3n) is 3.87. The third-order valence-corrected chi connectivity index (χ3v) is 3.87. The first-order valence-corrected chi connectivity index (χ1v) is 6.29. The minimum Gasteiger partial charge on any atom is -0.356 e. The van der Waals surface area contributed by atoms with Crippen molar-refractivity contribution >= 4 is 5.91 Å². The number of nitrogens with one attached hydrogen (secondary N) is 2. The van der Waals surface area contributed by atoms with Gasteiger partial charge in [-0.2, -0.15) is 0 Å². The maximum atomic E-state index is 11.2. The zero-order chi connectivity index (χ0) is 10.7. The topological polar surface area (TPSA) is 41.1 Å². The number of carbonyl (C=O) groups excluding carboxylic acids is 1. The van der Waals surface area contributed by atoms with Crippen LogP contribution in [0.4, 0.5) is 0 Å². The number of rotatable bonds is 5. The van der Waals surface area contributed by atoms with Gasteiger partial charge >= 0.3 is 0 Å². The van der Waals surface area contributed by atoms with Crippen molar-refractivity contribution < 1.29 is 4.79 Å². The maximum Gasteiger partial charge on any atom is 0.221 e. The SMILES string of the molecule is CCNC(=O)CCNC1CC2CCC1C2. The molecule has 0 radical (unpaired) electrons. The van der Waals surface area contributed by atoms with E-state index in [-0.39, 0.29) is 5.91 Å². The van der Waals surface area contributed by atoms with Crippen molar-refractivity contribution in [3.8, 4) is 0 Å². The van der Waals surface area contributed by atoms with Gasteiger partial charge in [-0.1, -0.05) is 6.42 Å². The molecular formula is C12H22N2O. The smallest absolute Gasteiger partial charge is 0.221 e. The van der Waals surface area contributed by atoms with E-state index < -0.39 is 0 Å². The van der Waals surface area contributed by atoms with Crippen LogP contribution in [0.1, 0.15) is 39.0 Å².